The van der Waals surface area contributed by atoms with E-state index in [0.29, 0.717) is 13.0 Å². The molecule has 0 N–H and O–H groups in total. The highest BCUT2D eigenvalue weighted by atomic mass is 16.6. The van der Waals surface area contributed by atoms with Crippen LogP contribution in [0.25, 0.3) is 0 Å². The van der Waals surface area contributed by atoms with Crippen molar-refractivity contribution in [2.24, 2.45) is 0 Å². The number of carbonyl (C=O) groups excluding carboxylic acids is 1. The normalized spacial score (nSPS) is 15.6. The SMILES string of the molecule is COC(=O)CCCCCCCCCOc1ccc(OCC2CO2)cc1. The molecule has 1 atom stereocenters. The molecule has 1 fully saturated rings. The average Bonchev–Trinajstić information content (AvgIpc) is 3.46. The van der Waals surface area contributed by atoms with E-state index in [1.807, 2.05) is 24.3 Å². The molecule has 0 aromatic heterocycles. The summed E-state index contributed by atoms with van der Waals surface area (Å²) in [5.41, 5.74) is 0. The molecule has 0 amide bonds. The Balaban J connectivity index is 1.40. The highest BCUT2D eigenvalue weighted by molar-refractivity contribution is 5.68. The summed E-state index contributed by atoms with van der Waals surface area (Å²) < 4.78 is 21.1. The molecule has 0 saturated carbocycles. The van der Waals surface area contributed by atoms with Crippen molar-refractivity contribution in [2.75, 3.05) is 26.9 Å². The topological polar surface area (TPSA) is 57.3 Å². The fourth-order valence-electron chi connectivity index (χ4n) is 2.53. The van der Waals surface area contributed by atoms with Crippen LogP contribution < -0.4 is 9.47 Å². The fourth-order valence-corrected chi connectivity index (χ4v) is 2.53. The van der Waals surface area contributed by atoms with E-state index in [-0.39, 0.29) is 12.1 Å². The van der Waals surface area contributed by atoms with Crippen molar-refractivity contribution >= 4 is 5.97 Å². The molecule has 1 aliphatic heterocycles. The first kappa shape index (κ1) is 19.6. The van der Waals surface area contributed by atoms with Crippen molar-refractivity contribution in [2.45, 2.75) is 57.5 Å². The lowest BCUT2D eigenvalue weighted by Crippen LogP contribution is -2.04. The molecule has 1 heterocycles. The number of methoxy groups -OCH3 is 1. The number of ether oxygens (including phenoxy) is 4. The minimum absolute atomic E-state index is 0.103. The maximum atomic E-state index is 11.0. The number of benzene rings is 1. The third kappa shape index (κ3) is 9.34. The zero-order valence-corrected chi connectivity index (χ0v) is 15.2. The van der Waals surface area contributed by atoms with E-state index in [4.69, 9.17) is 14.2 Å². The van der Waals surface area contributed by atoms with Gasteiger partial charge in [-0.2, -0.15) is 0 Å². The van der Waals surface area contributed by atoms with Gasteiger partial charge < -0.3 is 18.9 Å². The van der Waals surface area contributed by atoms with E-state index in [9.17, 15) is 4.79 Å². The Labute approximate surface area is 150 Å². The van der Waals surface area contributed by atoms with E-state index in [2.05, 4.69) is 4.74 Å². The molecule has 0 spiro atoms. The Morgan fingerprint density at radius 2 is 1.52 bits per heavy atom. The molecule has 0 aliphatic carbocycles. The van der Waals surface area contributed by atoms with Gasteiger partial charge in [0.2, 0.25) is 0 Å². The van der Waals surface area contributed by atoms with Gasteiger partial charge in [0.15, 0.2) is 0 Å². The lowest BCUT2D eigenvalue weighted by molar-refractivity contribution is -0.140. The van der Waals surface area contributed by atoms with Gasteiger partial charge >= 0.3 is 5.97 Å². The lowest BCUT2D eigenvalue weighted by Gasteiger charge is -2.08. The molecular weight excluding hydrogens is 320 g/mol. The van der Waals surface area contributed by atoms with Gasteiger partial charge in [-0.1, -0.05) is 32.1 Å². The molecule has 1 unspecified atom stereocenters. The largest absolute Gasteiger partial charge is 0.494 e. The Bertz CT molecular complexity index is 481. The molecule has 1 saturated heterocycles. The van der Waals surface area contributed by atoms with Gasteiger partial charge in [-0.15, -0.1) is 0 Å². The van der Waals surface area contributed by atoms with Crippen molar-refractivity contribution < 1.29 is 23.7 Å². The van der Waals surface area contributed by atoms with E-state index < -0.39 is 0 Å². The lowest BCUT2D eigenvalue weighted by atomic mass is 10.1. The molecule has 0 radical (unpaired) electrons. The van der Waals surface area contributed by atoms with Gasteiger partial charge in [-0.25, -0.2) is 0 Å². The van der Waals surface area contributed by atoms with Crippen molar-refractivity contribution in [1.29, 1.82) is 0 Å². The van der Waals surface area contributed by atoms with Crippen molar-refractivity contribution in [3.63, 3.8) is 0 Å². The molecule has 140 valence electrons. The summed E-state index contributed by atoms with van der Waals surface area (Å²) in [7, 11) is 1.44. The van der Waals surface area contributed by atoms with Crippen molar-refractivity contribution in [3.05, 3.63) is 24.3 Å². The van der Waals surface area contributed by atoms with Gasteiger partial charge in [0.05, 0.1) is 20.3 Å². The van der Waals surface area contributed by atoms with Crippen LogP contribution in [0.15, 0.2) is 24.3 Å². The van der Waals surface area contributed by atoms with Crippen LogP contribution >= 0.6 is 0 Å². The summed E-state index contributed by atoms with van der Waals surface area (Å²) >= 11 is 0. The van der Waals surface area contributed by atoms with Gasteiger partial charge in [0, 0.05) is 6.42 Å². The summed E-state index contributed by atoms with van der Waals surface area (Å²) in [5.74, 6) is 1.64. The first-order chi connectivity index (χ1) is 12.3. The average molecular weight is 350 g/mol. The first-order valence-electron chi connectivity index (χ1n) is 9.32. The maximum Gasteiger partial charge on any atom is 0.305 e. The molecule has 0 bridgehead atoms. The Morgan fingerprint density at radius 1 is 0.960 bits per heavy atom. The molecular formula is C20H30O5. The molecule has 1 aliphatic rings. The van der Waals surface area contributed by atoms with E-state index in [1.165, 1.54) is 32.8 Å². The van der Waals surface area contributed by atoms with Crippen LogP contribution in [0.5, 0.6) is 11.5 Å². The summed E-state index contributed by atoms with van der Waals surface area (Å²) in [5, 5.41) is 0. The number of carbonyl (C=O) groups is 1. The Hall–Kier alpha value is -1.75. The quantitative estimate of drug-likeness (QED) is 0.287. The number of unbranched alkanes of at least 4 members (excludes halogenated alkanes) is 6. The van der Waals surface area contributed by atoms with Crippen LogP contribution in [0, 0.1) is 0 Å². The van der Waals surface area contributed by atoms with Crippen LogP contribution in [0.3, 0.4) is 0 Å². The van der Waals surface area contributed by atoms with E-state index in [0.717, 1.165) is 44.0 Å². The predicted molar refractivity (Wildman–Crippen MR) is 96.1 cm³/mol. The minimum Gasteiger partial charge on any atom is -0.494 e. The maximum absolute atomic E-state index is 11.0. The second-order valence-electron chi connectivity index (χ2n) is 6.39. The highest BCUT2D eigenvalue weighted by Gasteiger charge is 2.22. The first-order valence-corrected chi connectivity index (χ1v) is 9.32. The van der Waals surface area contributed by atoms with Gasteiger partial charge in [0.25, 0.3) is 0 Å². The standard InChI is InChI=1S/C20H30O5/c1-22-20(21)9-7-5-3-2-4-6-8-14-23-17-10-12-18(13-11-17)24-15-19-16-25-19/h10-13,19H,2-9,14-16H2,1H3. The molecule has 1 aromatic rings. The number of hydrogen-bond acceptors (Lipinski definition) is 5. The Kier molecular flexibility index (Phi) is 9.19. The zero-order valence-electron chi connectivity index (χ0n) is 15.2. The molecule has 1 aromatic carbocycles. The number of rotatable bonds is 14. The number of hydrogen-bond donors (Lipinski definition) is 0. The fraction of sp³-hybridized carbons (Fsp3) is 0.650. The van der Waals surface area contributed by atoms with Crippen LogP contribution in [0.1, 0.15) is 51.4 Å². The van der Waals surface area contributed by atoms with E-state index >= 15 is 0 Å². The number of esters is 1. The molecule has 2 rings (SSSR count). The van der Waals surface area contributed by atoms with Crippen molar-refractivity contribution in [1.82, 2.24) is 0 Å². The molecule has 5 heteroatoms. The highest BCUT2D eigenvalue weighted by Crippen LogP contribution is 2.19. The summed E-state index contributed by atoms with van der Waals surface area (Å²) in [6, 6.07) is 7.77. The molecule has 25 heavy (non-hydrogen) atoms. The van der Waals surface area contributed by atoms with Gasteiger partial charge in [-0.3, -0.25) is 4.79 Å². The zero-order chi connectivity index (χ0) is 17.7. The van der Waals surface area contributed by atoms with Gasteiger partial charge in [-0.05, 0) is 37.1 Å². The van der Waals surface area contributed by atoms with Crippen LogP contribution in [-0.4, -0.2) is 39.0 Å². The van der Waals surface area contributed by atoms with Crippen LogP contribution in [0.4, 0.5) is 0 Å². The summed E-state index contributed by atoms with van der Waals surface area (Å²) in [6.45, 7) is 2.19. The van der Waals surface area contributed by atoms with Crippen LogP contribution in [0.2, 0.25) is 0 Å². The summed E-state index contributed by atoms with van der Waals surface area (Å²) in [4.78, 5) is 11.0. The van der Waals surface area contributed by atoms with Gasteiger partial charge in [0.1, 0.15) is 24.2 Å². The minimum atomic E-state index is -0.103. The second-order valence-corrected chi connectivity index (χ2v) is 6.39. The predicted octanol–water partition coefficient (Wildman–Crippen LogP) is 4.14. The Morgan fingerprint density at radius 3 is 2.12 bits per heavy atom. The third-order valence-corrected chi connectivity index (χ3v) is 4.18. The molecule has 5 nitrogen and oxygen atoms in total. The summed E-state index contributed by atoms with van der Waals surface area (Å²) in [6.07, 6.45) is 8.74. The van der Waals surface area contributed by atoms with E-state index in [1.54, 1.807) is 0 Å². The smallest absolute Gasteiger partial charge is 0.305 e. The number of epoxide rings is 1. The van der Waals surface area contributed by atoms with Crippen molar-refractivity contribution in [3.8, 4) is 11.5 Å². The monoisotopic (exact) mass is 350 g/mol. The third-order valence-electron chi connectivity index (χ3n) is 4.18. The van der Waals surface area contributed by atoms with Crippen LogP contribution in [-0.2, 0) is 14.3 Å². The second kappa shape index (κ2) is 11.7.